The summed E-state index contributed by atoms with van der Waals surface area (Å²) in [6.45, 7) is 0. The van der Waals surface area contributed by atoms with Gasteiger partial charge in [-0.05, 0) is 0 Å². The van der Waals surface area contributed by atoms with Crippen LogP contribution < -0.4 is 66.1 Å². The molecule has 0 radical (unpaired) electrons. The number of phosphoric acid groups is 1. The average Bonchev–Trinajstić information content (AvgIpc) is 0.722. The molecular formula is H6KO7P-2. The Labute approximate surface area is 93.7 Å². The topological polar surface area (TPSA) is 181 Å². The fraction of sp³-hybridized carbons (Fsp3) is 0. The SMILES string of the molecule is O.O.O.O=P([O-])([O-])[O-].[K+]. The first-order valence-electron chi connectivity index (χ1n) is 0.730. The van der Waals surface area contributed by atoms with Crippen LogP contribution in [-0.2, 0) is 4.57 Å². The molecule has 0 amide bonds. The third-order valence-corrected chi connectivity index (χ3v) is 0. The summed E-state index contributed by atoms with van der Waals surface area (Å²) in [7, 11) is -5.39. The molecule has 0 spiro atoms. The van der Waals surface area contributed by atoms with Crippen LogP contribution in [0.4, 0.5) is 0 Å². The number of hydrogen-bond donors (Lipinski definition) is 0. The van der Waals surface area contributed by atoms with Gasteiger partial charge in [0.05, 0.1) is 0 Å². The monoisotopic (exact) mass is 188 g/mol. The summed E-state index contributed by atoms with van der Waals surface area (Å²) < 4.78 is 8.55. The van der Waals surface area contributed by atoms with Gasteiger partial charge in [-0.3, -0.25) is 0 Å². The molecule has 0 saturated heterocycles. The maximum atomic E-state index is 8.55. The van der Waals surface area contributed by atoms with Crippen molar-refractivity contribution in [3.8, 4) is 0 Å². The predicted molar refractivity (Wildman–Crippen MR) is 18.4 cm³/mol. The van der Waals surface area contributed by atoms with E-state index in [9.17, 15) is 0 Å². The van der Waals surface area contributed by atoms with Crippen LogP contribution in [0.2, 0.25) is 0 Å². The first-order chi connectivity index (χ1) is 2.00. The second-order valence-corrected chi connectivity index (χ2v) is 1.34. The van der Waals surface area contributed by atoms with E-state index in [0.29, 0.717) is 0 Å². The normalized spacial score (nSPS) is 6.56. The Morgan fingerprint density at radius 1 is 0.889 bits per heavy atom. The molecule has 0 saturated carbocycles. The minimum Gasteiger partial charge on any atom is -0.822 e. The Bertz CT molecular complexity index is 55.1. The molecule has 9 heavy (non-hydrogen) atoms. The molecule has 0 aromatic carbocycles. The summed E-state index contributed by atoms with van der Waals surface area (Å²) in [4.78, 5) is 25.6. The maximum Gasteiger partial charge on any atom is 1.00 e. The van der Waals surface area contributed by atoms with Gasteiger partial charge in [0.1, 0.15) is 0 Å². The first kappa shape index (κ1) is 31.1. The van der Waals surface area contributed by atoms with Crippen molar-refractivity contribution in [1.29, 1.82) is 0 Å². The van der Waals surface area contributed by atoms with Crippen molar-refractivity contribution in [2.75, 3.05) is 0 Å². The van der Waals surface area contributed by atoms with Crippen molar-refractivity contribution in [3.05, 3.63) is 0 Å². The molecule has 56 valence electrons. The van der Waals surface area contributed by atoms with Gasteiger partial charge in [-0.1, -0.05) is 0 Å². The van der Waals surface area contributed by atoms with E-state index in [1.165, 1.54) is 0 Å². The quantitative estimate of drug-likeness (QED) is 0.270. The smallest absolute Gasteiger partial charge is 0.822 e. The molecule has 0 aromatic heterocycles. The van der Waals surface area contributed by atoms with Crippen molar-refractivity contribution in [3.63, 3.8) is 0 Å². The van der Waals surface area contributed by atoms with Gasteiger partial charge in [-0.25, -0.2) is 0 Å². The van der Waals surface area contributed by atoms with Gasteiger partial charge < -0.3 is 35.7 Å². The van der Waals surface area contributed by atoms with E-state index in [-0.39, 0.29) is 67.8 Å². The van der Waals surface area contributed by atoms with Crippen molar-refractivity contribution < 1.29 is 87.1 Å². The third kappa shape index (κ3) is 212. The van der Waals surface area contributed by atoms with E-state index in [4.69, 9.17) is 19.2 Å². The fourth-order valence-electron chi connectivity index (χ4n) is 0. The Kier molecular flexibility index (Phi) is 42.6. The van der Waals surface area contributed by atoms with E-state index in [1.54, 1.807) is 0 Å². The maximum absolute atomic E-state index is 8.55. The van der Waals surface area contributed by atoms with Gasteiger partial charge in [-0.2, -0.15) is 7.82 Å². The summed E-state index contributed by atoms with van der Waals surface area (Å²) in [6, 6.07) is 0. The van der Waals surface area contributed by atoms with E-state index >= 15 is 0 Å². The molecule has 9 heteroatoms. The predicted octanol–water partition coefficient (Wildman–Crippen LogP) is -8.29. The van der Waals surface area contributed by atoms with E-state index in [2.05, 4.69) is 0 Å². The van der Waals surface area contributed by atoms with Crippen molar-refractivity contribution in [2.24, 2.45) is 0 Å². The Morgan fingerprint density at radius 3 is 0.889 bits per heavy atom. The zero-order chi connectivity index (χ0) is 4.50. The van der Waals surface area contributed by atoms with Crippen molar-refractivity contribution >= 4 is 7.82 Å². The van der Waals surface area contributed by atoms with Crippen LogP contribution in [0, 0.1) is 0 Å². The molecule has 0 aliphatic rings. The van der Waals surface area contributed by atoms with Crippen LogP contribution in [0.15, 0.2) is 0 Å². The largest absolute Gasteiger partial charge is 1.00 e. The van der Waals surface area contributed by atoms with Crippen LogP contribution >= 0.6 is 7.82 Å². The summed E-state index contributed by atoms with van der Waals surface area (Å²) in [5.41, 5.74) is 0. The molecule has 0 atom stereocenters. The second kappa shape index (κ2) is 12.3. The number of hydrogen-bond acceptors (Lipinski definition) is 4. The summed E-state index contributed by atoms with van der Waals surface area (Å²) in [6.07, 6.45) is 0. The molecule has 7 nitrogen and oxygen atoms in total. The Morgan fingerprint density at radius 2 is 0.889 bits per heavy atom. The molecule has 0 aliphatic carbocycles. The van der Waals surface area contributed by atoms with Crippen LogP contribution in [0.3, 0.4) is 0 Å². The Balaban J connectivity index is -0.0000000133. The zero-order valence-electron chi connectivity index (χ0n) is 4.58. The van der Waals surface area contributed by atoms with Crippen molar-refractivity contribution in [2.45, 2.75) is 0 Å². The first-order valence-corrected chi connectivity index (χ1v) is 2.19. The molecule has 0 heterocycles. The molecule has 6 N–H and O–H groups in total. The van der Waals surface area contributed by atoms with Gasteiger partial charge in [0.2, 0.25) is 0 Å². The van der Waals surface area contributed by atoms with Crippen LogP contribution in [0.25, 0.3) is 0 Å². The van der Waals surface area contributed by atoms with Crippen molar-refractivity contribution in [1.82, 2.24) is 0 Å². The van der Waals surface area contributed by atoms with Crippen LogP contribution in [-0.4, -0.2) is 16.4 Å². The molecule has 0 aromatic rings. The van der Waals surface area contributed by atoms with Crippen LogP contribution in [0.5, 0.6) is 0 Å². The summed E-state index contributed by atoms with van der Waals surface area (Å²) in [5, 5.41) is 0. The van der Waals surface area contributed by atoms with Gasteiger partial charge in [0.15, 0.2) is 0 Å². The number of rotatable bonds is 0. The zero-order valence-corrected chi connectivity index (χ0v) is 8.60. The van der Waals surface area contributed by atoms with Gasteiger partial charge in [0.25, 0.3) is 0 Å². The van der Waals surface area contributed by atoms with Crippen LogP contribution in [0.1, 0.15) is 0 Å². The minimum atomic E-state index is -5.39. The molecule has 0 unspecified atom stereocenters. The summed E-state index contributed by atoms with van der Waals surface area (Å²) >= 11 is 0. The van der Waals surface area contributed by atoms with Gasteiger partial charge in [-0.15, -0.1) is 0 Å². The standard InChI is InChI=1S/K.H3O4P.3H2O/c;1-5(2,3)4;;;/h;(H3,1,2,3,4);3*1H2/q+1;;;;/p-3. The van der Waals surface area contributed by atoms with Gasteiger partial charge >= 0.3 is 51.4 Å². The van der Waals surface area contributed by atoms with E-state index in [0.717, 1.165) is 0 Å². The average molecular weight is 188 g/mol. The summed E-state index contributed by atoms with van der Waals surface area (Å²) in [5.74, 6) is 0. The van der Waals surface area contributed by atoms with Gasteiger partial charge in [0, 0.05) is 0 Å². The fourth-order valence-corrected chi connectivity index (χ4v) is 0. The third-order valence-electron chi connectivity index (χ3n) is 0. The van der Waals surface area contributed by atoms with E-state index < -0.39 is 7.82 Å². The molecular weight excluding hydrogens is 182 g/mol. The molecule has 0 bridgehead atoms. The molecule has 0 fully saturated rings. The minimum absolute atomic E-state index is 0. The second-order valence-electron chi connectivity index (χ2n) is 0.447. The van der Waals surface area contributed by atoms with E-state index in [1.807, 2.05) is 0 Å². The Hall–Kier alpha value is 1.63. The molecule has 0 rings (SSSR count). The molecule has 0 aliphatic heterocycles.